The second-order valence-corrected chi connectivity index (χ2v) is 9.49. The summed E-state index contributed by atoms with van der Waals surface area (Å²) in [5.41, 5.74) is 1.15. The summed E-state index contributed by atoms with van der Waals surface area (Å²) < 4.78 is 5.34. The summed E-state index contributed by atoms with van der Waals surface area (Å²) >= 11 is 0. The van der Waals surface area contributed by atoms with Crippen LogP contribution < -0.4 is 15.0 Å². The molecule has 10 heteroatoms. The Bertz CT molecular complexity index is 1330. The van der Waals surface area contributed by atoms with Crippen molar-refractivity contribution in [1.82, 2.24) is 4.90 Å². The van der Waals surface area contributed by atoms with Crippen molar-refractivity contribution in [3.63, 3.8) is 0 Å². The molecule has 1 spiro atoms. The number of anilines is 2. The molecular formula is C25H24N4O6. The number of methoxy groups -OCH3 is 1. The van der Waals surface area contributed by atoms with E-state index in [4.69, 9.17) is 4.74 Å². The molecule has 0 unspecified atom stereocenters. The van der Waals surface area contributed by atoms with Crippen LogP contribution in [0, 0.1) is 22.0 Å². The molecule has 2 aromatic rings. The Morgan fingerprint density at radius 2 is 1.97 bits per heavy atom. The number of rotatable bonds is 4. The summed E-state index contributed by atoms with van der Waals surface area (Å²) in [4.78, 5) is 55.5. The number of carbonyl (C=O) groups is 3. The van der Waals surface area contributed by atoms with Crippen molar-refractivity contribution >= 4 is 34.8 Å². The second-order valence-electron chi connectivity index (χ2n) is 9.49. The molecule has 2 aromatic carbocycles. The summed E-state index contributed by atoms with van der Waals surface area (Å²) in [5.74, 6) is -2.68. The molecule has 0 saturated carbocycles. The van der Waals surface area contributed by atoms with Gasteiger partial charge in [-0.1, -0.05) is 19.1 Å². The molecule has 3 fully saturated rings. The lowest BCUT2D eigenvalue weighted by Gasteiger charge is -2.36. The van der Waals surface area contributed by atoms with Crippen LogP contribution in [-0.2, 0) is 26.3 Å². The topological polar surface area (TPSA) is 122 Å². The van der Waals surface area contributed by atoms with Crippen LogP contribution in [-0.4, -0.2) is 47.2 Å². The number of fused-ring (bicyclic) bond motifs is 7. The van der Waals surface area contributed by atoms with Crippen molar-refractivity contribution in [3.8, 4) is 5.75 Å². The number of ether oxygens (including phenoxy) is 1. The molecular weight excluding hydrogens is 452 g/mol. The number of benzene rings is 2. The summed E-state index contributed by atoms with van der Waals surface area (Å²) in [6.45, 7) is 2.66. The number of nitrogens with zero attached hydrogens (tertiary/aromatic N) is 3. The minimum Gasteiger partial charge on any atom is -0.494 e. The number of aryl methyl sites for hydroxylation is 1. The van der Waals surface area contributed by atoms with Gasteiger partial charge in [-0.25, -0.2) is 4.90 Å². The molecule has 0 aromatic heterocycles. The maximum absolute atomic E-state index is 14.1. The van der Waals surface area contributed by atoms with Gasteiger partial charge >= 0.3 is 0 Å². The molecule has 4 aliphatic rings. The number of imide groups is 1. The highest BCUT2D eigenvalue weighted by Gasteiger charge is 2.74. The number of amides is 3. The number of non-ortho nitro benzene ring substituents is 1. The van der Waals surface area contributed by atoms with Gasteiger partial charge in [-0.05, 0) is 43.5 Å². The quantitative estimate of drug-likeness (QED) is 0.409. The van der Waals surface area contributed by atoms with Crippen LogP contribution in [0.1, 0.15) is 30.9 Å². The predicted molar refractivity (Wildman–Crippen MR) is 125 cm³/mol. The van der Waals surface area contributed by atoms with Crippen molar-refractivity contribution in [2.24, 2.45) is 11.8 Å². The minimum atomic E-state index is -1.26. The Morgan fingerprint density at radius 3 is 2.69 bits per heavy atom. The van der Waals surface area contributed by atoms with Gasteiger partial charge in [0.1, 0.15) is 11.3 Å². The van der Waals surface area contributed by atoms with Crippen LogP contribution in [0.2, 0.25) is 0 Å². The van der Waals surface area contributed by atoms with Crippen LogP contribution in [0.15, 0.2) is 36.4 Å². The number of hydrogen-bond acceptors (Lipinski definition) is 7. The first-order valence-corrected chi connectivity index (χ1v) is 11.8. The lowest BCUT2D eigenvalue weighted by molar-refractivity contribution is -0.384. The molecule has 0 radical (unpaired) electrons. The zero-order valence-electron chi connectivity index (χ0n) is 19.3. The number of nitro benzene ring substituents is 1. The molecule has 6 rings (SSSR count). The average molecular weight is 476 g/mol. The summed E-state index contributed by atoms with van der Waals surface area (Å²) in [7, 11) is 1.33. The van der Waals surface area contributed by atoms with Crippen LogP contribution >= 0.6 is 0 Å². The van der Waals surface area contributed by atoms with Crippen LogP contribution in [0.3, 0.4) is 0 Å². The molecule has 1 N–H and O–H groups in total. The molecule has 0 bridgehead atoms. The monoisotopic (exact) mass is 476 g/mol. The summed E-state index contributed by atoms with van der Waals surface area (Å²) in [5, 5.41) is 14.2. The van der Waals surface area contributed by atoms with Gasteiger partial charge in [-0.15, -0.1) is 0 Å². The van der Waals surface area contributed by atoms with Gasteiger partial charge < -0.3 is 10.1 Å². The third-order valence-electron chi connectivity index (χ3n) is 8.08. The highest BCUT2D eigenvalue weighted by Crippen LogP contribution is 2.61. The Balaban J connectivity index is 1.53. The zero-order chi connectivity index (χ0) is 24.6. The molecule has 180 valence electrons. The summed E-state index contributed by atoms with van der Waals surface area (Å²) in [6, 6.07) is 9.39. The van der Waals surface area contributed by atoms with E-state index < -0.39 is 34.1 Å². The Hall–Kier alpha value is -3.79. The highest BCUT2D eigenvalue weighted by molar-refractivity contribution is 6.26. The highest BCUT2D eigenvalue weighted by atomic mass is 16.6. The van der Waals surface area contributed by atoms with Crippen molar-refractivity contribution in [3.05, 3.63) is 57.6 Å². The number of nitrogens with one attached hydrogen (secondary N) is 1. The second kappa shape index (κ2) is 7.35. The first-order valence-electron chi connectivity index (χ1n) is 11.8. The fourth-order valence-electron chi connectivity index (χ4n) is 6.67. The summed E-state index contributed by atoms with van der Waals surface area (Å²) in [6.07, 6.45) is 2.31. The van der Waals surface area contributed by atoms with Crippen molar-refractivity contribution < 1.29 is 24.0 Å². The average Bonchev–Trinajstić information content (AvgIpc) is 3.56. The van der Waals surface area contributed by atoms with E-state index in [1.54, 1.807) is 0 Å². The van der Waals surface area contributed by atoms with E-state index in [9.17, 15) is 24.5 Å². The van der Waals surface area contributed by atoms with E-state index in [1.165, 1.54) is 25.3 Å². The van der Waals surface area contributed by atoms with E-state index in [1.807, 2.05) is 25.1 Å². The first-order chi connectivity index (χ1) is 16.8. The van der Waals surface area contributed by atoms with Gasteiger partial charge in [-0.2, -0.15) is 0 Å². The smallest absolute Gasteiger partial charge is 0.273 e. The van der Waals surface area contributed by atoms with Gasteiger partial charge in [-0.3, -0.25) is 29.4 Å². The fraction of sp³-hybridized carbons (Fsp3) is 0.400. The van der Waals surface area contributed by atoms with Gasteiger partial charge in [0.25, 0.3) is 5.69 Å². The van der Waals surface area contributed by atoms with Crippen molar-refractivity contribution in [2.75, 3.05) is 23.9 Å². The molecule has 35 heavy (non-hydrogen) atoms. The molecule has 3 amide bonds. The molecule has 10 nitrogen and oxygen atoms in total. The standard InChI is InChI=1S/C25H24N4O6/c1-3-13-6-8-16-15(11-13)25(24(32)26-16)21-20(18-5-4-10-27(18)25)22(30)28(23(21)31)17-9-7-14(29(33)34)12-19(17)35-2/h6-9,11-12,18,20-21H,3-5,10H2,1-2H3,(H,26,32)/t18-,20-,21-,25+/m0/s1. The third kappa shape index (κ3) is 2.60. The Kier molecular flexibility index (Phi) is 4.56. The van der Waals surface area contributed by atoms with E-state index in [0.717, 1.165) is 28.9 Å². The molecule has 0 aliphatic carbocycles. The number of hydrogen-bond donors (Lipinski definition) is 1. The maximum atomic E-state index is 14.1. The van der Waals surface area contributed by atoms with E-state index in [-0.39, 0.29) is 29.1 Å². The van der Waals surface area contributed by atoms with Crippen LogP contribution in [0.5, 0.6) is 5.75 Å². The number of carbonyl (C=O) groups excluding carboxylic acids is 3. The predicted octanol–water partition coefficient (Wildman–Crippen LogP) is 2.60. The molecule has 4 atom stereocenters. The van der Waals surface area contributed by atoms with E-state index in [0.29, 0.717) is 18.7 Å². The van der Waals surface area contributed by atoms with Crippen LogP contribution in [0.4, 0.5) is 17.1 Å². The van der Waals surface area contributed by atoms with Gasteiger partial charge in [0.05, 0.1) is 35.6 Å². The van der Waals surface area contributed by atoms with Gasteiger partial charge in [0, 0.05) is 23.4 Å². The molecule has 4 heterocycles. The van der Waals surface area contributed by atoms with Crippen molar-refractivity contribution in [1.29, 1.82) is 0 Å². The Morgan fingerprint density at radius 1 is 1.17 bits per heavy atom. The van der Waals surface area contributed by atoms with E-state index in [2.05, 4.69) is 10.2 Å². The lowest BCUT2D eigenvalue weighted by atomic mass is 9.75. The van der Waals surface area contributed by atoms with E-state index >= 15 is 0 Å². The third-order valence-corrected chi connectivity index (χ3v) is 8.08. The largest absolute Gasteiger partial charge is 0.494 e. The number of nitro groups is 1. The van der Waals surface area contributed by atoms with Gasteiger partial charge in [0.15, 0.2) is 0 Å². The van der Waals surface area contributed by atoms with Crippen molar-refractivity contribution in [2.45, 2.75) is 37.8 Å². The molecule has 4 aliphatic heterocycles. The maximum Gasteiger partial charge on any atom is 0.273 e. The molecule has 3 saturated heterocycles. The normalized spacial score (nSPS) is 28.9. The fourth-order valence-corrected chi connectivity index (χ4v) is 6.67. The minimum absolute atomic E-state index is 0.0581. The lowest BCUT2D eigenvalue weighted by Crippen LogP contribution is -2.54. The Labute approximate surface area is 201 Å². The van der Waals surface area contributed by atoms with Crippen LogP contribution in [0.25, 0.3) is 0 Å². The van der Waals surface area contributed by atoms with Gasteiger partial charge in [0.2, 0.25) is 17.7 Å². The zero-order valence-corrected chi connectivity index (χ0v) is 19.3. The first kappa shape index (κ1) is 21.7. The SMILES string of the molecule is CCc1ccc2c(c1)[C@]1(C(=O)N2)[C@@H]2C(=O)N(c3ccc([N+](=O)[O-])cc3OC)C(=O)[C@H]2[C@@H]2CCCN21.